The Balaban J connectivity index is 2.48. The molecule has 0 amide bonds. The van der Waals surface area contributed by atoms with Crippen LogP contribution in [0.5, 0.6) is 0 Å². The van der Waals surface area contributed by atoms with Crippen molar-refractivity contribution in [3.05, 3.63) is 22.2 Å². The normalized spacial score (nSPS) is 20.9. The molecule has 1 aliphatic heterocycles. The molecule has 1 saturated heterocycles. The number of nitrogen functional groups attached to an aromatic ring is 1. The highest BCUT2D eigenvalue weighted by Crippen LogP contribution is 2.31. The molecule has 1 aromatic rings. The highest BCUT2D eigenvalue weighted by Gasteiger charge is 2.35. The molecule has 1 aliphatic rings. The Hall–Kier alpha value is -0.630. The van der Waals surface area contributed by atoms with Crippen molar-refractivity contribution >= 4 is 31.6 Å². The van der Waals surface area contributed by atoms with Gasteiger partial charge in [0.15, 0.2) is 0 Å². The maximum absolute atomic E-state index is 12.6. The van der Waals surface area contributed by atoms with Gasteiger partial charge in [0.1, 0.15) is 0 Å². The van der Waals surface area contributed by atoms with Crippen molar-refractivity contribution in [3.8, 4) is 0 Å². The SMILES string of the molecule is Cc1cc(Br)c(N)cc1S(=O)(=O)N1CCCC1CO. The van der Waals surface area contributed by atoms with Crippen LogP contribution in [0.4, 0.5) is 5.69 Å². The zero-order valence-corrected chi connectivity index (χ0v) is 13.0. The van der Waals surface area contributed by atoms with Crippen LogP contribution in [0.3, 0.4) is 0 Å². The van der Waals surface area contributed by atoms with Crippen LogP contribution in [0.25, 0.3) is 0 Å². The molecule has 7 heteroatoms. The first-order valence-electron chi connectivity index (χ1n) is 6.06. The number of hydrogen-bond donors (Lipinski definition) is 2. The van der Waals surface area contributed by atoms with E-state index in [-0.39, 0.29) is 17.5 Å². The number of hydrogen-bond acceptors (Lipinski definition) is 4. The van der Waals surface area contributed by atoms with Crippen LogP contribution in [0.2, 0.25) is 0 Å². The van der Waals surface area contributed by atoms with E-state index in [1.165, 1.54) is 10.4 Å². The van der Waals surface area contributed by atoms with Crippen LogP contribution >= 0.6 is 15.9 Å². The summed E-state index contributed by atoms with van der Waals surface area (Å²) in [6.07, 6.45) is 1.47. The van der Waals surface area contributed by atoms with Crippen molar-refractivity contribution in [2.24, 2.45) is 0 Å². The van der Waals surface area contributed by atoms with Gasteiger partial charge >= 0.3 is 0 Å². The number of anilines is 1. The van der Waals surface area contributed by atoms with Crippen LogP contribution in [-0.4, -0.2) is 37.0 Å². The van der Waals surface area contributed by atoms with E-state index in [1.54, 1.807) is 13.0 Å². The molecule has 1 heterocycles. The third-order valence-corrected chi connectivity index (χ3v) is 6.20. The number of nitrogens with zero attached hydrogens (tertiary/aromatic N) is 1. The number of benzene rings is 1. The van der Waals surface area contributed by atoms with Gasteiger partial charge in [0.25, 0.3) is 0 Å². The molecule has 3 N–H and O–H groups in total. The highest BCUT2D eigenvalue weighted by atomic mass is 79.9. The average Bonchev–Trinajstić information content (AvgIpc) is 2.82. The van der Waals surface area contributed by atoms with Gasteiger partial charge in [0.05, 0.1) is 11.5 Å². The Morgan fingerprint density at radius 2 is 2.21 bits per heavy atom. The molecule has 1 fully saturated rings. The lowest BCUT2D eigenvalue weighted by Gasteiger charge is -2.23. The third kappa shape index (κ3) is 2.65. The molecule has 5 nitrogen and oxygen atoms in total. The molecule has 0 spiro atoms. The van der Waals surface area contributed by atoms with E-state index >= 15 is 0 Å². The monoisotopic (exact) mass is 348 g/mol. The van der Waals surface area contributed by atoms with E-state index in [0.29, 0.717) is 28.7 Å². The number of aliphatic hydroxyl groups is 1. The second-order valence-electron chi connectivity index (χ2n) is 4.73. The summed E-state index contributed by atoms with van der Waals surface area (Å²) in [4.78, 5) is 0.216. The molecule has 0 aromatic heterocycles. The Bertz CT molecular complexity index is 589. The predicted octanol–water partition coefficient (Wildman–Crippen LogP) is 1.49. The van der Waals surface area contributed by atoms with Gasteiger partial charge in [-0.1, -0.05) is 0 Å². The average molecular weight is 349 g/mol. The molecule has 106 valence electrons. The van der Waals surface area contributed by atoms with Gasteiger partial charge < -0.3 is 10.8 Å². The molecular weight excluding hydrogens is 332 g/mol. The molecule has 0 saturated carbocycles. The Morgan fingerprint density at radius 1 is 1.53 bits per heavy atom. The van der Waals surface area contributed by atoms with Crippen LogP contribution in [0, 0.1) is 6.92 Å². The topological polar surface area (TPSA) is 83.6 Å². The van der Waals surface area contributed by atoms with E-state index in [9.17, 15) is 13.5 Å². The van der Waals surface area contributed by atoms with Crippen LogP contribution in [0.1, 0.15) is 18.4 Å². The minimum atomic E-state index is -3.60. The summed E-state index contributed by atoms with van der Waals surface area (Å²) in [5.41, 5.74) is 6.81. The minimum absolute atomic E-state index is 0.149. The van der Waals surface area contributed by atoms with Crippen molar-refractivity contribution < 1.29 is 13.5 Å². The lowest BCUT2D eigenvalue weighted by Crippen LogP contribution is -2.37. The van der Waals surface area contributed by atoms with Crippen molar-refractivity contribution in [1.82, 2.24) is 4.31 Å². The van der Waals surface area contributed by atoms with E-state index in [4.69, 9.17) is 5.73 Å². The minimum Gasteiger partial charge on any atom is -0.398 e. The van der Waals surface area contributed by atoms with E-state index < -0.39 is 10.0 Å². The van der Waals surface area contributed by atoms with Gasteiger partial charge in [-0.3, -0.25) is 0 Å². The standard InChI is InChI=1S/C12H17BrN2O3S/c1-8-5-10(13)11(14)6-12(8)19(17,18)15-4-2-3-9(15)7-16/h5-6,9,16H,2-4,7,14H2,1H3. The summed E-state index contributed by atoms with van der Waals surface area (Å²) < 4.78 is 27.3. The lowest BCUT2D eigenvalue weighted by atomic mass is 10.2. The van der Waals surface area contributed by atoms with Crippen molar-refractivity contribution in [2.45, 2.75) is 30.7 Å². The Kier molecular flexibility index (Phi) is 4.20. The van der Waals surface area contributed by atoms with Crippen molar-refractivity contribution in [1.29, 1.82) is 0 Å². The summed E-state index contributed by atoms with van der Waals surface area (Å²) in [6, 6.07) is 2.85. The molecular formula is C12H17BrN2O3S. The maximum Gasteiger partial charge on any atom is 0.243 e. The fourth-order valence-electron chi connectivity index (χ4n) is 2.38. The zero-order valence-electron chi connectivity index (χ0n) is 10.6. The summed E-state index contributed by atoms with van der Waals surface area (Å²) in [6.45, 7) is 2.04. The van der Waals surface area contributed by atoms with Gasteiger partial charge in [-0.2, -0.15) is 4.31 Å². The fraction of sp³-hybridized carbons (Fsp3) is 0.500. The fourth-order valence-corrected chi connectivity index (χ4v) is 4.77. The first-order chi connectivity index (χ1) is 8.87. The molecule has 19 heavy (non-hydrogen) atoms. The van der Waals surface area contributed by atoms with Crippen LogP contribution < -0.4 is 5.73 Å². The summed E-state index contributed by atoms with van der Waals surface area (Å²) in [5, 5.41) is 9.28. The first-order valence-corrected chi connectivity index (χ1v) is 8.29. The molecule has 0 bridgehead atoms. The Morgan fingerprint density at radius 3 is 2.84 bits per heavy atom. The van der Waals surface area contributed by atoms with Gasteiger partial charge in [-0.15, -0.1) is 0 Å². The van der Waals surface area contributed by atoms with E-state index in [1.807, 2.05) is 0 Å². The zero-order chi connectivity index (χ0) is 14.2. The quantitative estimate of drug-likeness (QED) is 0.810. The van der Waals surface area contributed by atoms with E-state index in [2.05, 4.69) is 15.9 Å². The van der Waals surface area contributed by atoms with Gasteiger partial charge in [0, 0.05) is 22.7 Å². The van der Waals surface area contributed by atoms with Crippen LogP contribution in [-0.2, 0) is 10.0 Å². The van der Waals surface area contributed by atoms with Gasteiger partial charge in [0.2, 0.25) is 10.0 Å². The second kappa shape index (κ2) is 5.40. The Labute approximate surface area is 121 Å². The van der Waals surface area contributed by atoms with Crippen LogP contribution in [0.15, 0.2) is 21.5 Å². The molecule has 1 atom stereocenters. The molecule has 1 aromatic carbocycles. The first kappa shape index (κ1) is 14.8. The molecule has 2 rings (SSSR count). The highest BCUT2D eigenvalue weighted by molar-refractivity contribution is 9.10. The van der Waals surface area contributed by atoms with E-state index in [0.717, 1.165) is 6.42 Å². The maximum atomic E-state index is 12.6. The largest absolute Gasteiger partial charge is 0.398 e. The smallest absolute Gasteiger partial charge is 0.243 e. The molecule has 0 aliphatic carbocycles. The van der Waals surface area contributed by atoms with Crippen molar-refractivity contribution in [2.75, 3.05) is 18.9 Å². The number of halogens is 1. The number of aryl methyl sites for hydroxylation is 1. The number of rotatable bonds is 3. The lowest BCUT2D eigenvalue weighted by molar-refractivity contribution is 0.213. The van der Waals surface area contributed by atoms with Crippen molar-refractivity contribution in [3.63, 3.8) is 0 Å². The number of sulfonamides is 1. The second-order valence-corrected chi connectivity index (χ2v) is 7.45. The molecule has 0 radical (unpaired) electrons. The molecule has 1 unspecified atom stereocenters. The number of nitrogens with two attached hydrogens (primary N) is 1. The predicted molar refractivity (Wildman–Crippen MR) is 77.3 cm³/mol. The third-order valence-electron chi connectivity index (χ3n) is 3.41. The van der Waals surface area contributed by atoms with Gasteiger partial charge in [-0.25, -0.2) is 8.42 Å². The van der Waals surface area contributed by atoms with Gasteiger partial charge in [-0.05, 0) is 53.4 Å². The summed E-state index contributed by atoms with van der Waals surface area (Å²) in [5.74, 6) is 0. The number of aliphatic hydroxyl groups excluding tert-OH is 1. The summed E-state index contributed by atoms with van der Waals surface area (Å²) in [7, 11) is -3.60. The summed E-state index contributed by atoms with van der Waals surface area (Å²) >= 11 is 3.28.